The average Bonchev–Trinajstić information content (AvgIpc) is 2.27. The standard InChI is InChI=1S/C12H16N4O/c1-7(2)9-5-13-11-12(15-9)16(8(3)4)10(17)6-14-11/h5-8H,1-4H3. The second-order valence-electron chi connectivity index (χ2n) is 4.66. The Kier molecular flexibility index (Phi) is 2.92. The van der Waals surface area contributed by atoms with Gasteiger partial charge in [-0.15, -0.1) is 0 Å². The lowest BCUT2D eigenvalue weighted by Crippen LogP contribution is -2.23. The van der Waals surface area contributed by atoms with Crippen LogP contribution in [0.2, 0.25) is 0 Å². The molecule has 0 saturated carbocycles. The molecule has 0 fully saturated rings. The maximum atomic E-state index is 11.8. The number of nitrogens with zero attached hydrogens (tertiary/aromatic N) is 4. The van der Waals surface area contributed by atoms with Crippen molar-refractivity contribution in [1.82, 2.24) is 19.5 Å². The van der Waals surface area contributed by atoms with Crippen LogP contribution in [-0.2, 0) is 0 Å². The van der Waals surface area contributed by atoms with Crippen molar-refractivity contribution in [3.8, 4) is 0 Å². The van der Waals surface area contributed by atoms with Crippen LogP contribution in [0.1, 0.15) is 45.3 Å². The average molecular weight is 232 g/mol. The molecule has 0 atom stereocenters. The fraction of sp³-hybridized carbons (Fsp3) is 0.500. The molecule has 0 bridgehead atoms. The number of hydrogen-bond acceptors (Lipinski definition) is 4. The summed E-state index contributed by atoms with van der Waals surface area (Å²) in [4.78, 5) is 24.6. The third kappa shape index (κ3) is 2.05. The Bertz CT molecular complexity index is 601. The molecule has 17 heavy (non-hydrogen) atoms. The van der Waals surface area contributed by atoms with E-state index in [9.17, 15) is 4.79 Å². The fourth-order valence-electron chi connectivity index (χ4n) is 1.70. The van der Waals surface area contributed by atoms with Gasteiger partial charge in [-0.2, -0.15) is 0 Å². The van der Waals surface area contributed by atoms with E-state index in [0.29, 0.717) is 11.3 Å². The van der Waals surface area contributed by atoms with Crippen LogP contribution in [0.3, 0.4) is 0 Å². The summed E-state index contributed by atoms with van der Waals surface area (Å²) in [7, 11) is 0. The molecule has 0 aliphatic rings. The third-order valence-corrected chi connectivity index (χ3v) is 2.62. The SMILES string of the molecule is CC(C)c1cnc2ncc(=O)n(C(C)C)c2n1. The highest BCUT2D eigenvalue weighted by atomic mass is 16.1. The minimum absolute atomic E-state index is 0.0460. The van der Waals surface area contributed by atoms with Gasteiger partial charge in [0.05, 0.1) is 18.1 Å². The predicted octanol–water partition coefficient (Wildman–Crippen LogP) is 1.89. The smallest absolute Gasteiger partial charge is 0.271 e. The molecule has 0 unspecified atom stereocenters. The highest BCUT2D eigenvalue weighted by molar-refractivity contribution is 5.64. The van der Waals surface area contributed by atoms with Crippen molar-refractivity contribution in [2.45, 2.75) is 39.7 Å². The molecular formula is C12H16N4O. The summed E-state index contributed by atoms with van der Waals surface area (Å²) in [6.45, 7) is 7.99. The van der Waals surface area contributed by atoms with Crippen LogP contribution < -0.4 is 5.56 Å². The monoisotopic (exact) mass is 232 g/mol. The first-order chi connectivity index (χ1) is 8.00. The van der Waals surface area contributed by atoms with Crippen molar-refractivity contribution in [2.24, 2.45) is 0 Å². The highest BCUT2D eigenvalue weighted by Crippen LogP contribution is 2.14. The fourth-order valence-corrected chi connectivity index (χ4v) is 1.70. The van der Waals surface area contributed by atoms with Crippen LogP contribution in [0, 0.1) is 0 Å². The molecule has 0 N–H and O–H groups in total. The number of aromatic nitrogens is 4. The van der Waals surface area contributed by atoms with E-state index in [-0.39, 0.29) is 17.5 Å². The van der Waals surface area contributed by atoms with Gasteiger partial charge in [-0.3, -0.25) is 9.36 Å². The lowest BCUT2D eigenvalue weighted by molar-refractivity contribution is 0.589. The number of rotatable bonds is 2. The van der Waals surface area contributed by atoms with Gasteiger partial charge in [-0.05, 0) is 19.8 Å². The molecule has 2 aromatic rings. The molecule has 2 rings (SSSR count). The Labute approximate surface area is 99.6 Å². The van der Waals surface area contributed by atoms with Crippen LogP contribution in [0.4, 0.5) is 0 Å². The first kappa shape index (κ1) is 11.7. The van der Waals surface area contributed by atoms with Gasteiger partial charge in [-0.1, -0.05) is 13.8 Å². The summed E-state index contributed by atoms with van der Waals surface area (Å²) in [6, 6.07) is 0.0460. The molecule has 2 heterocycles. The zero-order valence-corrected chi connectivity index (χ0v) is 10.5. The maximum absolute atomic E-state index is 11.8. The summed E-state index contributed by atoms with van der Waals surface area (Å²) in [5.74, 6) is 0.280. The molecule has 90 valence electrons. The molecule has 0 radical (unpaired) electrons. The molecule has 0 aliphatic heterocycles. The number of hydrogen-bond donors (Lipinski definition) is 0. The predicted molar refractivity (Wildman–Crippen MR) is 66.1 cm³/mol. The molecule has 0 saturated heterocycles. The molecule has 0 amide bonds. The lowest BCUT2D eigenvalue weighted by atomic mass is 10.1. The van der Waals surface area contributed by atoms with E-state index in [4.69, 9.17) is 0 Å². The Morgan fingerprint density at radius 3 is 2.35 bits per heavy atom. The zero-order chi connectivity index (χ0) is 12.6. The second-order valence-corrected chi connectivity index (χ2v) is 4.66. The van der Waals surface area contributed by atoms with E-state index in [2.05, 4.69) is 15.0 Å². The molecule has 0 aliphatic carbocycles. The third-order valence-electron chi connectivity index (χ3n) is 2.62. The van der Waals surface area contributed by atoms with E-state index in [1.165, 1.54) is 6.20 Å². The molecule has 5 nitrogen and oxygen atoms in total. The normalized spacial score (nSPS) is 11.6. The topological polar surface area (TPSA) is 60.7 Å². The van der Waals surface area contributed by atoms with Crippen molar-refractivity contribution >= 4 is 11.3 Å². The first-order valence-corrected chi connectivity index (χ1v) is 5.75. The first-order valence-electron chi connectivity index (χ1n) is 5.75. The summed E-state index contributed by atoms with van der Waals surface area (Å²) in [5.41, 5.74) is 1.82. The van der Waals surface area contributed by atoms with Gasteiger partial charge in [0.25, 0.3) is 5.56 Å². The van der Waals surface area contributed by atoms with Gasteiger partial charge in [0.2, 0.25) is 0 Å². The Balaban J connectivity index is 2.81. The van der Waals surface area contributed by atoms with Gasteiger partial charge in [0, 0.05) is 6.04 Å². The zero-order valence-electron chi connectivity index (χ0n) is 10.5. The Hall–Kier alpha value is -1.78. The van der Waals surface area contributed by atoms with Gasteiger partial charge in [-0.25, -0.2) is 15.0 Å². The van der Waals surface area contributed by atoms with Gasteiger partial charge >= 0.3 is 0 Å². The number of fused-ring (bicyclic) bond motifs is 1. The summed E-state index contributed by atoms with van der Waals surface area (Å²) < 4.78 is 1.63. The van der Waals surface area contributed by atoms with Crippen molar-refractivity contribution in [2.75, 3.05) is 0 Å². The molecule has 5 heteroatoms. The summed E-state index contributed by atoms with van der Waals surface area (Å²) in [5, 5.41) is 0. The van der Waals surface area contributed by atoms with Gasteiger partial charge in [0.15, 0.2) is 11.3 Å². The minimum atomic E-state index is -0.136. The maximum Gasteiger partial charge on any atom is 0.271 e. The molecule has 0 aromatic carbocycles. The van der Waals surface area contributed by atoms with E-state index in [1.807, 2.05) is 27.7 Å². The molecule has 2 aromatic heterocycles. The van der Waals surface area contributed by atoms with Crippen LogP contribution in [-0.4, -0.2) is 19.5 Å². The highest BCUT2D eigenvalue weighted by Gasteiger charge is 2.11. The van der Waals surface area contributed by atoms with E-state index in [1.54, 1.807) is 10.8 Å². The summed E-state index contributed by atoms with van der Waals surface area (Å²) >= 11 is 0. The quantitative estimate of drug-likeness (QED) is 0.793. The van der Waals surface area contributed by atoms with Crippen LogP contribution in [0.5, 0.6) is 0 Å². The van der Waals surface area contributed by atoms with Crippen LogP contribution in [0.15, 0.2) is 17.2 Å². The van der Waals surface area contributed by atoms with E-state index < -0.39 is 0 Å². The van der Waals surface area contributed by atoms with Crippen molar-refractivity contribution in [1.29, 1.82) is 0 Å². The van der Waals surface area contributed by atoms with Crippen LogP contribution in [0.25, 0.3) is 11.3 Å². The minimum Gasteiger partial charge on any atom is -0.286 e. The Morgan fingerprint density at radius 1 is 1.12 bits per heavy atom. The van der Waals surface area contributed by atoms with Crippen LogP contribution >= 0.6 is 0 Å². The Morgan fingerprint density at radius 2 is 1.76 bits per heavy atom. The van der Waals surface area contributed by atoms with Crippen molar-refractivity contribution < 1.29 is 0 Å². The van der Waals surface area contributed by atoms with Gasteiger partial charge in [0.1, 0.15) is 0 Å². The summed E-state index contributed by atoms with van der Waals surface area (Å²) in [6.07, 6.45) is 3.02. The molecule has 0 spiro atoms. The van der Waals surface area contributed by atoms with E-state index >= 15 is 0 Å². The van der Waals surface area contributed by atoms with Gasteiger partial charge < -0.3 is 0 Å². The van der Waals surface area contributed by atoms with E-state index in [0.717, 1.165) is 5.69 Å². The lowest BCUT2D eigenvalue weighted by Gasteiger charge is -2.13. The van der Waals surface area contributed by atoms with Crippen molar-refractivity contribution in [3.05, 3.63) is 28.4 Å². The van der Waals surface area contributed by atoms with Crippen molar-refractivity contribution in [3.63, 3.8) is 0 Å². The largest absolute Gasteiger partial charge is 0.286 e. The molecular weight excluding hydrogens is 216 g/mol. The second kappa shape index (κ2) is 4.24.